The highest BCUT2D eigenvalue weighted by molar-refractivity contribution is 5.86. The molecule has 5 heteroatoms. The molecule has 1 heterocycles. The van der Waals surface area contributed by atoms with Crippen LogP contribution in [0.5, 0.6) is 0 Å². The van der Waals surface area contributed by atoms with Crippen molar-refractivity contribution >= 4 is 12.0 Å². The van der Waals surface area contributed by atoms with Crippen LogP contribution in [-0.4, -0.2) is 41.6 Å². The van der Waals surface area contributed by atoms with Crippen LogP contribution in [0.1, 0.15) is 72.4 Å². The van der Waals surface area contributed by atoms with E-state index in [0.29, 0.717) is 12.3 Å². The second-order valence-corrected chi connectivity index (χ2v) is 10.4. The molecule has 0 saturated carbocycles. The SMILES string of the molecule is CC1CCN(C(=O)C(Cc2ccc(C(C)(C)C)cc2)NC(=O)OC(C)(C)C)CC1. The Hall–Kier alpha value is -2.04. The first kappa shape index (κ1) is 23.2. The van der Waals surface area contributed by atoms with Gasteiger partial charge < -0.3 is 15.0 Å². The van der Waals surface area contributed by atoms with Gasteiger partial charge in [-0.05, 0) is 56.1 Å². The molecule has 1 saturated heterocycles. The minimum absolute atomic E-state index is 0.0253. The maximum absolute atomic E-state index is 13.2. The topological polar surface area (TPSA) is 58.6 Å². The number of carbonyl (C=O) groups is 2. The van der Waals surface area contributed by atoms with Crippen molar-refractivity contribution in [1.29, 1.82) is 0 Å². The summed E-state index contributed by atoms with van der Waals surface area (Å²) >= 11 is 0. The van der Waals surface area contributed by atoms with Crippen molar-refractivity contribution < 1.29 is 14.3 Å². The molecule has 0 radical (unpaired) electrons. The van der Waals surface area contributed by atoms with Crippen molar-refractivity contribution in [2.45, 2.75) is 84.8 Å². The third kappa shape index (κ3) is 7.37. The van der Waals surface area contributed by atoms with Gasteiger partial charge in [0, 0.05) is 19.5 Å². The van der Waals surface area contributed by atoms with Gasteiger partial charge in [0.15, 0.2) is 0 Å². The first-order valence-electron chi connectivity index (χ1n) is 10.7. The van der Waals surface area contributed by atoms with Crippen molar-refractivity contribution in [3.8, 4) is 0 Å². The highest BCUT2D eigenvalue weighted by Gasteiger charge is 2.30. The normalized spacial score (nSPS) is 17.0. The molecule has 1 aromatic carbocycles. The van der Waals surface area contributed by atoms with Crippen molar-refractivity contribution in [3.05, 3.63) is 35.4 Å². The zero-order valence-corrected chi connectivity index (χ0v) is 19.2. The molecule has 0 spiro atoms. The van der Waals surface area contributed by atoms with E-state index in [1.807, 2.05) is 25.7 Å². The zero-order chi connectivity index (χ0) is 21.8. The Kier molecular flexibility index (Phi) is 7.36. The number of ether oxygens (including phenoxy) is 1. The number of carbonyl (C=O) groups excluding carboxylic acids is 2. The molecular weight excluding hydrogens is 364 g/mol. The smallest absolute Gasteiger partial charge is 0.408 e. The van der Waals surface area contributed by atoms with Crippen molar-refractivity contribution in [1.82, 2.24) is 10.2 Å². The molecule has 0 bridgehead atoms. The lowest BCUT2D eigenvalue weighted by Gasteiger charge is -2.33. The summed E-state index contributed by atoms with van der Waals surface area (Å²) in [7, 11) is 0. The molecule has 1 aromatic rings. The highest BCUT2D eigenvalue weighted by Crippen LogP contribution is 2.23. The molecule has 1 fully saturated rings. The summed E-state index contributed by atoms with van der Waals surface area (Å²) < 4.78 is 5.40. The van der Waals surface area contributed by atoms with Crippen LogP contribution in [0.2, 0.25) is 0 Å². The van der Waals surface area contributed by atoms with E-state index in [4.69, 9.17) is 4.74 Å². The Morgan fingerprint density at radius 3 is 2.10 bits per heavy atom. The van der Waals surface area contributed by atoms with Crippen LogP contribution in [-0.2, 0) is 21.4 Å². The largest absolute Gasteiger partial charge is 0.444 e. The predicted molar refractivity (Wildman–Crippen MR) is 117 cm³/mol. The number of amides is 2. The molecule has 2 rings (SSSR count). The Morgan fingerprint density at radius 2 is 1.62 bits per heavy atom. The Morgan fingerprint density at radius 1 is 1.07 bits per heavy atom. The molecule has 2 amide bonds. The van der Waals surface area contributed by atoms with E-state index in [2.05, 4.69) is 57.3 Å². The molecule has 1 unspecified atom stereocenters. The lowest BCUT2D eigenvalue weighted by molar-refractivity contribution is -0.134. The maximum atomic E-state index is 13.2. The number of hydrogen-bond donors (Lipinski definition) is 1. The van der Waals surface area contributed by atoms with Gasteiger partial charge in [0.2, 0.25) is 5.91 Å². The van der Waals surface area contributed by atoms with Crippen LogP contribution in [0.3, 0.4) is 0 Å². The number of rotatable bonds is 4. The second kappa shape index (κ2) is 9.19. The van der Waals surface area contributed by atoms with Crippen LogP contribution in [0, 0.1) is 5.92 Å². The number of piperidine rings is 1. The number of alkyl carbamates (subject to hydrolysis) is 1. The molecular formula is C24H38N2O3. The fraction of sp³-hybridized carbons (Fsp3) is 0.667. The molecule has 0 aliphatic carbocycles. The Labute approximate surface area is 176 Å². The van der Waals surface area contributed by atoms with Crippen molar-refractivity contribution in [2.24, 2.45) is 5.92 Å². The number of nitrogens with one attached hydrogen (secondary N) is 1. The average molecular weight is 403 g/mol. The second-order valence-electron chi connectivity index (χ2n) is 10.4. The first-order valence-corrected chi connectivity index (χ1v) is 10.7. The van der Waals surface area contributed by atoms with E-state index in [-0.39, 0.29) is 11.3 Å². The third-order valence-corrected chi connectivity index (χ3v) is 5.34. The molecule has 1 N–H and O–H groups in total. The third-order valence-electron chi connectivity index (χ3n) is 5.34. The minimum Gasteiger partial charge on any atom is -0.444 e. The fourth-order valence-electron chi connectivity index (χ4n) is 3.48. The Bertz CT molecular complexity index is 690. The quantitative estimate of drug-likeness (QED) is 0.796. The van der Waals surface area contributed by atoms with Gasteiger partial charge in [-0.3, -0.25) is 4.79 Å². The van der Waals surface area contributed by atoms with Gasteiger partial charge in [-0.15, -0.1) is 0 Å². The van der Waals surface area contributed by atoms with Gasteiger partial charge in [0.1, 0.15) is 11.6 Å². The number of benzene rings is 1. The summed E-state index contributed by atoms with van der Waals surface area (Å²) in [4.78, 5) is 27.5. The van der Waals surface area contributed by atoms with Gasteiger partial charge in [-0.1, -0.05) is 52.0 Å². The first-order chi connectivity index (χ1) is 13.3. The Balaban J connectivity index is 2.15. The zero-order valence-electron chi connectivity index (χ0n) is 19.2. The number of likely N-dealkylation sites (tertiary alicyclic amines) is 1. The monoisotopic (exact) mass is 402 g/mol. The van der Waals surface area contributed by atoms with E-state index >= 15 is 0 Å². The summed E-state index contributed by atoms with van der Waals surface area (Å²) in [5, 5.41) is 2.82. The lowest BCUT2D eigenvalue weighted by Crippen LogP contribution is -2.52. The van der Waals surface area contributed by atoms with Crippen molar-refractivity contribution in [3.63, 3.8) is 0 Å². The highest BCUT2D eigenvalue weighted by atomic mass is 16.6. The summed E-state index contributed by atoms with van der Waals surface area (Å²) in [5.41, 5.74) is 1.74. The molecule has 0 aromatic heterocycles. The molecule has 1 aliphatic heterocycles. The summed E-state index contributed by atoms with van der Waals surface area (Å²) in [5.74, 6) is 0.615. The summed E-state index contributed by atoms with van der Waals surface area (Å²) in [6, 6.07) is 7.69. The molecule has 1 atom stereocenters. The standard InChI is InChI=1S/C24H38N2O3/c1-17-12-14-26(15-13-17)21(27)20(25-22(28)29-24(5,6)7)16-18-8-10-19(11-9-18)23(2,3)4/h8-11,17,20H,12-16H2,1-7H3,(H,25,28). The van der Waals surface area contributed by atoms with Gasteiger partial charge in [0.05, 0.1) is 0 Å². The van der Waals surface area contributed by atoms with E-state index in [0.717, 1.165) is 31.5 Å². The van der Waals surface area contributed by atoms with Gasteiger partial charge in [-0.2, -0.15) is 0 Å². The summed E-state index contributed by atoms with van der Waals surface area (Å²) in [6.07, 6.45) is 1.91. The van der Waals surface area contributed by atoms with Gasteiger partial charge in [0.25, 0.3) is 0 Å². The maximum Gasteiger partial charge on any atom is 0.408 e. The molecule has 29 heavy (non-hydrogen) atoms. The number of nitrogens with zero attached hydrogens (tertiary/aromatic N) is 1. The fourth-order valence-corrected chi connectivity index (χ4v) is 3.48. The van der Waals surface area contributed by atoms with E-state index in [1.165, 1.54) is 5.56 Å². The predicted octanol–water partition coefficient (Wildman–Crippen LogP) is 4.68. The van der Waals surface area contributed by atoms with Crippen LogP contribution in [0.25, 0.3) is 0 Å². The average Bonchev–Trinajstić information content (AvgIpc) is 2.59. The van der Waals surface area contributed by atoms with Gasteiger partial charge >= 0.3 is 6.09 Å². The molecule has 162 valence electrons. The van der Waals surface area contributed by atoms with Crippen LogP contribution in [0.15, 0.2) is 24.3 Å². The van der Waals surface area contributed by atoms with Crippen LogP contribution >= 0.6 is 0 Å². The van der Waals surface area contributed by atoms with E-state index < -0.39 is 17.7 Å². The summed E-state index contributed by atoms with van der Waals surface area (Å²) in [6.45, 7) is 15.7. The minimum atomic E-state index is -0.626. The molecule has 5 nitrogen and oxygen atoms in total. The van der Waals surface area contributed by atoms with E-state index in [1.54, 1.807) is 0 Å². The lowest BCUT2D eigenvalue weighted by atomic mass is 9.86. The van der Waals surface area contributed by atoms with Gasteiger partial charge in [-0.25, -0.2) is 4.79 Å². The van der Waals surface area contributed by atoms with Crippen molar-refractivity contribution in [2.75, 3.05) is 13.1 Å². The molecule has 1 aliphatic rings. The number of hydrogen-bond acceptors (Lipinski definition) is 3. The van der Waals surface area contributed by atoms with Crippen LogP contribution in [0.4, 0.5) is 4.79 Å². The van der Waals surface area contributed by atoms with Crippen LogP contribution < -0.4 is 5.32 Å². The van der Waals surface area contributed by atoms with E-state index in [9.17, 15) is 9.59 Å².